The summed E-state index contributed by atoms with van der Waals surface area (Å²) in [5.41, 5.74) is 0.480. The monoisotopic (exact) mass is 342 g/mol. The van der Waals surface area contributed by atoms with E-state index in [1.54, 1.807) is 18.2 Å². The summed E-state index contributed by atoms with van der Waals surface area (Å²) in [4.78, 5) is 35.5. The third kappa shape index (κ3) is 3.99. The summed E-state index contributed by atoms with van der Waals surface area (Å²) < 4.78 is 4.78. The number of benzene rings is 1. The maximum absolute atomic E-state index is 11.7. The van der Waals surface area contributed by atoms with Gasteiger partial charge in [0.25, 0.3) is 5.91 Å². The van der Waals surface area contributed by atoms with Gasteiger partial charge in [-0.3, -0.25) is 9.69 Å². The highest BCUT2D eigenvalue weighted by molar-refractivity contribution is 6.37. The summed E-state index contributed by atoms with van der Waals surface area (Å²) in [7, 11) is 0. The molecule has 22 heavy (non-hydrogen) atoms. The van der Waals surface area contributed by atoms with E-state index >= 15 is 0 Å². The molecule has 1 fully saturated rings. The van der Waals surface area contributed by atoms with Crippen molar-refractivity contribution in [1.29, 1.82) is 0 Å². The highest BCUT2D eigenvalue weighted by Gasteiger charge is 2.26. The minimum Gasteiger partial charge on any atom is -0.452 e. The van der Waals surface area contributed by atoms with Crippen LogP contribution >= 0.6 is 23.2 Å². The number of esters is 1. The maximum atomic E-state index is 11.7. The molecule has 0 unspecified atom stereocenters. The summed E-state index contributed by atoms with van der Waals surface area (Å²) in [6.45, 7) is 0.149. The van der Waals surface area contributed by atoms with E-state index in [1.807, 2.05) is 0 Å². The first-order valence-corrected chi connectivity index (χ1v) is 7.11. The van der Waals surface area contributed by atoms with Gasteiger partial charge in [-0.2, -0.15) is 0 Å². The predicted octanol–water partition coefficient (Wildman–Crippen LogP) is 2.10. The van der Waals surface area contributed by atoms with Crippen molar-refractivity contribution in [2.24, 2.45) is 0 Å². The largest absolute Gasteiger partial charge is 0.452 e. The maximum Gasteiger partial charge on any atom is 0.331 e. The van der Waals surface area contributed by atoms with Gasteiger partial charge in [0, 0.05) is 34.8 Å². The molecule has 3 amide bonds. The Morgan fingerprint density at radius 1 is 1.32 bits per heavy atom. The average Bonchev–Trinajstić information content (AvgIpc) is 2.90. The topological polar surface area (TPSA) is 75.7 Å². The average molecular weight is 343 g/mol. The molecule has 1 aliphatic rings. The zero-order valence-corrected chi connectivity index (χ0v) is 12.9. The number of imide groups is 1. The highest BCUT2D eigenvalue weighted by Crippen LogP contribution is 2.25. The number of halogens is 2. The molecule has 0 aliphatic carbocycles. The Balaban J connectivity index is 1.89. The number of hydrogen-bond donors (Lipinski definition) is 1. The molecule has 6 nitrogen and oxygen atoms in total. The lowest BCUT2D eigenvalue weighted by molar-refractivity contribution is -0.146. The van der Waals surface area contributed by atoms with Crippen LogP contribution < -0.4 is 5.32 Å². The van der Waals surface area contributed by atoms with Gasteiger partial charge >= 0.3 is 12.0 Å². The van der Waals surface area contributed by atoms with Gasteiger partial charge in [-0.05, 0) is 18.2 Å². The van der Waals surface area contributed by atoms with Crippen LogP contribution in [0.25, 0.3) is 6.08 Å². The Labute approximate surface area is 136 Å². The molecule has 1 saturated heterocycles. The van der Waals surface area contributed by atoms with E-state index in [-0.39, 0.29) is 6.54 Å². The summed E-state index contributed by atoms with van der Waals surface area (Å²) in [5, 5.41) is 3.26. The fourth-order valence-electron chi connectivity index (χ4n) is 1.79. The summed E-state index contributed by atoms with van der Waals surface area (Å²) in [6.07, 6.45) is 2.52. The van der Waals surface area contributed by atoms with Crippen molar-refractivity contribution in [3.05, 3.63) is 39.9 Å². The number of amides is 3. The Kier molecular flexibility index (Phi) is 5.41. The number of nitrogens with zero attached hydrogens (tertiary/aromatic N) is 1. The third-order valence-electron chi connectivity index (χ3n) is 2.88. The van der Waals surface area contributed by atoms with Gasteiger partial charge < -0.3 is 10.1 Å². The van der Waals surface area contributed by atoms with Crippen molar-refractivity contribution >= 4 is 47.2 Å². The number of hydrogen-bond acceptors (Lipinski definition) is 4. The number of rotatable bonds is 4. The van der Waals surface area contributed by atoms with Gasteiger partial charge in [0.05, 0.1) is 0 Å². The number of carbonyl (C=O) groups excluding carboxylic acids is 3. The van der Waals surface area contributed by atoms with Crippen molar-refractivity contribution in [1.82, 2.24) is 10.2 Å². The molecule has 0 radical (unpaired) electrons. The van der Waals surface area contributed by atoms with E-state index in [0.717, 1.165) is 11.0 Å². The van der Waals surface area contributed by atoms with E-state index in [0.29, 0.717) is 22.2 Å². The second-order valence-electron chi connectivity index (χ2n) is 4.35. The molecule has 0 bridgehead atoms. The normalized spacial score (nSPS) is 14.3. The molecular weight excluding hydrogens is 331 g/mol. The van der Waals surface area contributed by atoms with Crippen LogP contribution in [0.5, 0.6) is 0 Å². The van der Waals surface area contributed by atoms with Gasteiger partial charge in [0.2, 0.25) is 0 Å². The summed E-state index contributed by atoms with van der Waals surface area (Å²) >= 11 is 11.9. The van der Waals surface area contributed by atoms with Gasteiger partial charge in [0.15, 0.2) is 6.61 Å². The molecule has 0 atom stereocenters. The number of carbonyl (C=O) groups is 3. The molecule has 8 heteroatoms. The molecule has 1 aromatic carbocycles. The van der Waals surface area contributed by atoms with E-state index in [4.69, 9.17) is 27.9 Å². The first kappa shape index (κ1) is 16.3. The van der Waals surface area contributed by atoms with Gasteiger partial charge in [-0.15, -0.1) is 0 Å². The first-order chi connectivity index (χ1) is 10.5. The summed E-state index contributed by atoms with van der Waals surface area (Å²) in [6, 6.07) is 4.46. The fourth-order valence-corrected chi connectivity index (χ4v) is 2.31. The quantitative estimate of drug-likeness (QED) is 0.671. The first-order valence-electron chi connectivity index (χ1n) is 6.36. The number of ether oxygens (including phenoxy) is 1. The Morgan fingerprint density at radius 2 is 2.00 bits per heavy atom. The van der Waals surface area contributed by atoms with Crippen LogP contribution in [0.1, 0.15) is 5.56 Å². The zero-order chi connectivity index (χ0) is 16.1. The smallest absolute Gasteiger partial charge is 0.331 e. The van der Waals surface area contributed by atoms with Gasteiger partial charge in [-0.25, -0.2) is 9.59 Å². The van der Waals surface area contributed by atoms with Crippen molar-refractivity contribution < 1.29 is 19.1 Å². The predicted molar refractivity (Wildman–Crippen MR) is 81.6 cm³/mol. The number of nitrogens with one attached hydrogen (secondary N) is 1. The third-order valence-corrected chi connectivity index (χ3v) is 3.54. The van der Waals surface area contributed by atoms with Crippen LogP contribution in [0.4, 0.5) is 4.79 Å². The molecule has 1 heterocycles. The van der Waals surface area contributed by atoms with Crippen molar-refractivity contribution in [2.75, 3.05) is 19.7 Å². The molecule has 0 spiro atoms. The molecule has 1 aromatic rings. The van der Waals surface area contributed by atoms with Gasteiger partial charge in [0.1, 0.15) is 0 Å². The highest BCUT2D eigenvalue weighted by atomic mass is 35.5. The molecule has 0 aromatic heterocycles. The van der Waals surface area contributed by atoms with Crippen LogP contribution in [-0.2, 0) is 14.3 Å². The van der Waals surface area contributed by atoms with Crippen molar-refractivity contribution in [2.45, 2.75) is 0 Å². The molecule has 0 saturated carbocycles. The molecule has 1 aliphatic heterocycles. The summed E-state index contributed by atoms with van der Waals surface area (Å²) in [5.74, 6) is -1.31. The SMILES string of the molecule is O=C(/C=C/c1c(Cl)cccc1Cl)OCC(=O)N1CCNC1=O. The Hall–Kier alpha value is -2.05. The van der Waals surface area contributed by atoms with E-state index < -0.39 is 24.5 Å². The molecule has 116 valence electrons. The van der Waals surface area contributed by atoms with Crippen molar-refractivity contribution in [3.8, 4) is 0 Å². The standard InChI is InChI=1S/C14H12Cl2N2O4/c15-10-2-1-3-11(16)9(10)4-5-13(20)22-8-12(19)18-7-6-17-14(18)21/h1-5H,6-8H2,(H,17,21)/b5-4+. The number of urea groups is 1. The fraction of sp³-hybridized carbons (Fsp3) is 0.214. The minimum absolute atomic E-state index is 0.264. The van der Waals surface area contributed by atoms with E-state index in [1.165, 1.54) is 6.08 Å². The molecule has 2 rings (SSSR count). The lowest BCUT2D eigenvalue weighted by Gasteiger charge is -2.11. The van der Waals surface area contributed by atoms with Gasteiger partial charge in [-0.1, -0.05) is 29.3 Å². The van der Waals surface area contributed by atoms with Crippen LogP contribution in [0.3, 0.4) is 0 Å². The lowest BCUT2D eigenvalue weighted by Crippen LogP contribution is -2.37. The second-order valence-corrected chi connectivity index (χ2v) is 5.17. The van der Waals surface area contributed by atoms with Crippen molar-refractivity contribution in [3.63, 3.8) is 0 Å². The molecular formula is C14H12Cl2N2O4. The van der Waals surface area contributed by atoms with Crippen LogP contribution in [0.15, 0.2) is 24.3 Å². The lowest BCUT2D eigenvalue weighted by atomic mass is 10.2. The Bertz CT molecular complexity index is 625. The molecule has 1 N–H and O–H groups in total. The van der Waals surface area contributed by atoms with Crippen LogP contribution in [-0.4, -0.2) is 42.5 Å². The minimum atomic E-state index is -0.732. The van der Waals surface area contributed by atoms with E-state index in [9.17, 15) is 14.4 Å². The second kappa shape index (κ2) is 7.29. The van der Waals surface area contributed by atoms with Crippen LogP contribution in [0.2, 0.25) is 10.0 Å². The van der Waals surface area contributed by atoms with E-state index in [2.05, 4.69) is 5.32 Å². The zero-order valence-electron chi connectivity index (χ0n) is 11.3. The van der Waals surface area contributed by atoms with Crippen LogP contribution in [0, 0.1) is 0 Å². The Morgan fingerprint density at radius 3 is 2.59 bits per heavy atom.